The maximum absolute atomic E-state index is 9.39. The van der Waals surface area contributed by atoms with Crippen LogP contribution in [0.1, 0.15) is 16.8 Å². The Bertz CT molecular complexity index is 482. The number of rotatable bonds is 2. The van der Waals surface area contributed by atoms with Crippen molar-refractivity contribution in [1.82, 2.24) is 4.98 Å². The number of morpholine rings is 1. The van der Waals surface area contributed by atoms with Crippen molar-refractivity contribution in [2.45, 2.75) is 19.9 Å². The third-order valence-corrected chi connectivity index (χ3v) is 3.15. The van der Waals surface area contributed by atoms with Gasteiger partial charge in [-0.2, -0.15) is 5.26 Å². The first-order valence-corrected chi connectivity index (χ1v) is 6.01. The van der Waals surface area contributed by atoms with Crippen LogP contribution in [0.25, 0.3) is 0 Å². The van der Waals surface area contributed by atoms with Crippen LogP contribution in [-0.2, 0) is 4.74 Å². The molecular formula is C13H17N3O2. The number of ether oxygens (including phenoxy) is 1. The fourth-order valence-electron chi connectivity index (χ4n) is 2.25. The molecule has 1 N–H and O–H groups in total. The number of nitrogens with zero attached hydrogens (tertiary/aromatic N) is 3. The van der Waals surface area contributed by atoms with Crippen molar-refractivity contribution in [3.05, 3.63) is 22.9 Å². The second kappa shape index (κ2) is 5.34. The number of anilines is 1. The number of nitriles is 1. The lowest BCUT2D eigenvalue weighted by Gasteiger charge is -2.36. The van der Waals surface area contributed by atoms with Gasteiger partial charge in [-0.3, -0.25) is 0 Å². The lowest BCUT2D eigenvalue weighted by Crippen LogP contribution is -2.48. The molecule has 0 bridgehead atoms. The normalized spacial score (nSPS) is 19.7. The monoisotopic (exact) mass is 247 g/mol. The van der Waals surface area contributed by atoms with Gasteiger partial charge < -0.3 is 14.7 Å². The summed E-state index contributed by atoms with van der Waals surface area (Å²) in [6.45, 7) is 5.53. The van der Waals surface area contributed by atoms with Gasteiger partial charge >= 0.3 is 0 Å². The number of hydrogen-bond donors (Lipinski definition) is 1. The molecule has 1 aromatic heterocycles. The smallest absolute Gasteiger partial charge is 0.147 e. The van der Waals surface area contributed by atoms with Crippen molar-refractivity contribution in [1.29, 1.82) is 5.26 Å². The molecular weight excluding hydrogens is 230 g/mol. The summed E-state index contributed by atoms with van der Waals surface area (Å²) in [5.41, 5.74) is 2.38. The minimum absolute atomic E-state index is 0.000458. The molecule has 0 radical (unpaired) electrons. The molecule has 0 spiro atoms. The second-order valence-electron chi connectivity index (χ2n) is 4.50. The molecule has 2 heterocycles. The number of aromatic nitrogens is 1. The van der Waals surface area contributed by atoms with E-state index in [1.54, 1.807) is 0 Å². The van der Waals surface area contributed by atoms with Gasteiger partial charge in [-0.15, -0.1) is 0 Å². The molecule has 96 valence electrons. The fraction of sp³-hybridized carbons (Fsp3) is 0.538. The summed E-state index contributed by atoms with van der Waals surface area (Å²) in [6.07, 6.45) is 0. The number of pyridine rings is 1. The maximum atomic E-state index is 9.39. The van der Waals surface area contributed by atoms with Crippen molar-refractivity contribution in [3.63, 3.8) is 0 Å². The Morgan fingerprint density at radius 3 is 3.06 bits per heavy atom. The first-order chi connectivity index (χ1) is 8.67. The highest BCUT2D eigenvalue weighted by atomic mass is 16.5. The number of hydrogen-bond acceptors (Lipinski definition) is 5. The van der Waals surface area contributed by atoms with Crippen LogP contribution >= 0.6 is 0 Å². The number of aliphatic hydroxyl groups is 1. The highest BCUT2D eigenvalue weighted by Gasteiger charge is 2.26. The third kappa shape index (κ3) is 2.30. The highest BCUT2D eigenvalue weighted by Crippen LogP contribution is 2.24. The fourth-order valence-corrected chi connectivity index (χ4v) is 2.25. The SMILES string of the molecule is Cc1cc(C)c(C#N)c(N2CCOCC2CO)n1. The Kier molecular flexibility index (Phi) is 3.80. The Hall–Kier alpha value is -1.64. The molecule has 1 aliphatic heterocycles. The molecule has 1 fully saturated rings. The molecule has 2 rings (SSSR count). The van der Waals surface area contributed by atoms with E-state index in [0.717, 1.165) is 11.3 Å². The van der Waals surface area contributed by atoms with Crippen LogP contribution in [0.5, 0.6) is 0 Å². The van der Waals surface area contributed by atoms with Crippen LogP contribution in [0, 0.1) is 25.2 Å². The van der Waals surface area contributed by atoms with E-state index >= 15 is 0 Å². The minimum Gasteiger partial charge on any atom is -0.394 e. The lowest BCUT2D eigenvalue weighted by atomic mass is 10.1. The summed E-state index contributed by atoms with van der Waals surface area (Å²) >= 11 is 0. The van der Waals surface area contributed by atoms with Crippen LogP contribution < -0.4 is 4.90 Å². The first kappa shape index (κ1) is 12.8. The zero-order valence-corrected chi connectivity index (χ0v) is 10.7. The maximum Gasteiger partial charge on any atom is 0.147 e. The summed E-state index contributed by atoms with van der Waals surface area (Å²) in [6, 6.07) is 3.98. The molecule has 0 saturated carbocycles. The van der Waals surface area contributed by atoms with Crippen molar-refractivity contribution in [2.24, 2.45) is 0 Å². The van der Waals surface area contributed by atoms with Gasteiger partial charge in [-0.25, -0.2) is 4.98 Å². The number of aliphatic hydroxyl groups excluding tert-OH is 1. The largest absolute Gasteiger partial charge is 0.394 e. The standard InChI is InChI=1S/C13H17N3O2/c1-9-5-10(2)15-13(12(9)6-14)16-3-4-18-8-11(16)7-17/h5,11,17H,3-4,7-8H2,1-2H3. The average Bonchev–Trinajstić information content (AvgIpc) is 2.38. The number of aryl methyl sites for hydroxylation is 2. The van der Waals surface area contributed by atoms with Gasteiger partial charge in [0.05, 0.1) is 31.4 Å². The van der Waals surface area contributed by atoms with E-state index < -0.39 is 0 Å². The average molecular weight is 247 g/mol. The Labute approximate surface area is 107 Å². The molecule has 0 aromatic carbocycles. The molecule has 1 unspecified atom stereocenters. The minimum atomic E-state index is -0.125. The van der Waals surface area contributed by atoms with Crippen LogP contribution in [-0.4, -0.2) is 42.5 Å². The van der Waals surface area contributed by atoms with Crippen LogP contribution in [0.4, 0.5) is 5.82 Å². The zero-order valence-electron chi connectivity index (χ0n) is 10.7. The van der Waals surface area contributed by atoms with Gasteiger partial charge in [0.25, 0.3) is 0 Å². The summed E-state index contributed by atoms with van der Waals surface area (Å²) in [5.74, 6) is 0.664. The van der Waals surface area contributed by atoms with Crippen LogP contribution in [0.3, 0.4) is 0 Å². The van der Waals surface area contributed by atoms with Crippen molar-refractivity contribution < 1.29 is 9.84 Å². The highest BCUT2D eigenvalue weighted by molar-refractivity contribution is 5.59. The van der Waals surface area contributed by atoms with E-state index in [9.17, 15) is 10.4 Å². The third-order valence-electron chi connectivity index (χ3n) is 3.15. The molecule has 0 amide bonds. The van der Waals surface area contributed by atoms with Crippen LogP contribution in [0.15, 0.2) is 6.07 Å². The van der Waals surface area contributed by atoms with Gasteiger partial charge in [0, 0.05) is 12.2 Å². The van der Waals surface area contributed by atoms with E-state index in [2.05, 4.69) is 11.1 Å². The molecule has 18 heavy (non-hydrogen) atoms. The van der Waals surface area contributed by atoms with Gasteiger partial charge in [0.2, 0.25) is 0 Å². The van der Waals surface area contributed by atoms with Crippen molar-refractivity contribution in [2.75, 3.05) is 31.3 Å². The molecule has 1 saturated heterocycles. The van der Waals surface area contributed by atoms with Gasteiger partial charge in [0.1, 0.15) is 11.9 Å². The molecule has 5 heteroatoms. The molecule has 1 aliphatic rings. The molecule has 1 atom stereocenters. The van der Waals surface area contributed by atoms with Crippen molar-refractivity contribution in [3.8, 4) is 6.07 Å². The summed E-state index contributed by atoms with van der Waals surface area (Å²) < 4.78 is 5.35. The summed E-state index contributed by atoms with van der Waals surface area (Å²) in [4.78, 5) is 6.44. The predicted molar refractivity (Wildman–Crippen MR) is 67.5 cm³/mol. The summed E-state index contributed by atoms with van der Waals surface area (Å²) in [7, 11) is 0. The van der Waals surface area contributed by atoms with E-state index in [-0.39, 0.29) is 12.6 Å². The lowest BCUT2D eigenvalue weighted by molar-refractivity contribution is 0.0722. The van der Waals surface area contributed by atoms with E-state index in [1.165, 1.54) is 0 Å². The molecule has 0 aliphatic carbocycles. The van der Waals surface area contributed by atoms with E-state index in [1.807, 2.05) is 24.8 Å². The van der Waals surface area contributed by atoms with Gasteiger partial charge in [-0.05, 0) is 25.5 Å². The zero-order chi connectivity index (χ0) is 13.1. The Morgan fingerprint density at radius 1 is 1.61 bits per heavy atom. The van der Waals surface area contributed by atoms with Crippen LogP contribution in [0.2, 0.25) is 0 Å². The van der Waals surface area contributed by atoms with Crippen molar-refractivity contribution >= 4 is 5.82 Å². The van der Waals surface area contributed by atoms with Gasteiger partial charge in [-0.1, -0.05) is 0 Å². The molecule has 1 aromatic rings. The first-order valence-electron chi connectivity index (χ1n) is 6.01. The summed E-state index contributed by atoms with van der Waals surface area (Å²) in [5, 5.41) is 18.7. The molecule has 5 nitrogen and oxygen atoms in total. The van der Waals surface area contributed by atoms with E-state index in [4.69, 9.17) is 4.74 Å². The predicted octanol–water partition coefficient (Wildman–Crippen LogP) is 0.768. The van der Waals surface area contributed by atoms with E-state index in [0.29, 0.717) is 31.1 Å². The Balaban J connectivity index is 2.45. The van der Waals surface area contributed by atoms with Gasteiger partial charge in [0.15, 0.2) is 0 Å². The topological polar surface area (TPSA) is 69.4 Å². The second-order valence-corrected chi connectivity index (χ2v) is 4.50. The quantitative estimate of drug-likeness (QED) is 0.836. The Morgan fingerprint density at radius 2 is 2.39 bits per heavy atom.